The number of halogens is 1. The number of fused-ring (bicyclic) bond motifs is 1. The summed E-state index contributed by atoms with van der Waals surface area (Å²) in [4.78, 5) is 0. The number of ether oxygens (including phenoxy) is 2. The van der Waals surface area contributed by atoms with Gasteiger partial charge in [0.05, 0.1) is 31.0 Å². The molecule has 1 aromatic carbocycles. The summed E-state index contributed by atoms with van der Waals surface area (Å²) in [6.45, 7) is 2.04. The summed E-state index contributed by atoms with van der Waals surface area (Å²) in [5.74, 6) is 1.70. The smallest absolute Gasteiger partial charge is 0.141 e. The summed E-state index contributed by atoms with van der Waals surface area (Å²) in [5.41, 5.74) is 5.15. The van der Waals surface area contributed by atoms with Gasteiger partial charge in [-0.3, -0.25) is 5.10 Å². The zero-order valence-corrected chi connectivity index (χ0v) is 16.0. The summed E-state index contributed by atoms with van der Waals surface area (Å²) in [5, 5.41) is 17.9. The molecule has 26 heavy (non-hydrogen) atoms. The Kier molecular flexibility index (Phi) is 4.11. The minimum Gasteiger partial charge on any atom is -0.496 e. The predicted molar refractivity (Wildman–Crippen MR) is 99.2 cm³/mol. The van der Waals surface area contributed by atoms with E-state index < -0.39 is 0 Å². The maximum atomic E-state index is 9.50. The van der Waals surface area contributed by atoms with Crippen molar-refractivity contribution in [3.05, 3.63) is 39.2 Å². The Hall–Kier alpha value is -2.19. The third kappa shape index (κ3) is 2.47. The molecule has 1 aromatic heterocycles. The van der Waals surface area contributed by atoms with Gasteiger partial charge in [-0.25, -0.2) is 0 Å². The minimum atomic E-state index is -0.344. The highest BCUT2D eigenvalue weighted by Gasteiger charge is 2.49. The number of aromatic amines is 1. The molecular formula is C20H22ClN3O2. The molecule has 2 aromatic rings. The topological polar surface area (TPSA) is 70.9 Å². The van der Waals surface area contributed by atoms with Gasteiger partial charge in [-0.05, 0) is 61.6 Å². The fourth-order valence-corrected chi connectivity index (χ4v) is 4.67. The van der Waals surface area contributed by atoms with Gasteiger partial charge in [0.2, 0.25) is 0 Å². The fourth-order valence-electron chi connectivity index (χ4n) is 4.24. The Balaban J connectivity index is 1.72. The van der Waals surface area contributed by atoms with Crippen LogP contribution in [0.5, 0.6) is 11.5 Å². The molecule has 6 heteroatoms. The standard InChI is InChI=1S/C20H22ClN3O2/c1-11-15(25-2)9-16(26-3)18(21)17(11)12-4-5-13-14(8-12)23-24-19(13)20(10-22)6-7-20/h9,12H,4-8H2,1-3H3,(H,23,24). The molecule has 136 valence electrons. The first-order chi connectivity index (χ1) is 12.5. The summed E-state index contributed by atoms with van der Waals surface area (Å²) in [6.07, 6.45) is 4.55. The Bertz CT molecular complexity index is 881. The Morgan fingerprint density at radius 3 is 2.65 bits per heavy atom. The molecule has 5 nitrogen and oxygen atoms in total. The van der Waals surface area contributed by atoms with Crippen molar-refractivity contribution in [2.45, 2.75) is 50.4 Å². The number of rotatable bonds is 4. The lowest BCUT2D eigenvalue weighted by atomic mass is 9.79. The summed E-state index contributed by atoms with van der Waals surface area (Å²) >= 11 is 6.66. The fraction of sp³-hybridized carbons (Fsp3) is 0.500. The van der Waals surface area contributed by atoms with Crippen LogP contribution in [-0.4, -0.2) is 24.4 Å². The minimum absolute atomic E-state index is 0.268. The first-order valence-electron chi connectivity index (χ1n) is 8.93. The summed E-state index contributed by atoms with van der Waals surface area (Å²) in [7, 11) is 3.29. The maximum absolute atomic E-state index is 9.50. The van der Waals surface area contributed by atoms with Crippen LogP contribution in [-0.2, 0) is 18.3 Å². The monoisotopic (exact) mass is 371 g/mol. The number of aromatic nitrogens is 2. The normalized spacial score (nSPS) is 20.2. The lowest BCUT2D eigenvalue weighted by molar-refractivity contribution is 0.389. The lowest BCUT2D eigenvalue weighted by Crippen LogP contribution is -2.16. The van der Waals surface area contributed by atoms with Gasteiger partial charge in [-0.1, -0.05) is 11.6 Å². The average molecular weight is 372 g/mol. The van der Waals surface area contributed by atoms with Gasteiger partial charge in [0.15, 0.2) is 0 Å². The SMILES string of the molecule is COc1cc(OC)c(Cl)c(C2CCc3c(C4(C#N)CC4)n[nH]c3C2)c1C. The molecule has 0 aliphatic heterocycles. The van der Waals surface area contributed by atoms with E-state index in [0.29, 0.717) is 10.8 Å². The van der Waals surface area contributed by atoms with Gasteiger partial charge in [-0.15, -0.1) is 0 Å². The lowest BCUT2D eigenvalue weighted by Gasteiger charge is -2.27. The van der Waals surface area contributed by atoms with E-state index >= 15 is 0 Å². The van der Waals surface area contributed by atoms with Crippen LogP contribution in [0.3, 0.4) is 0 Å². The number of nitrogens with one attached hydrogen (secondary N) is 1. The highest BCUT2D eigenvalue weighted by Crippen LogP contribution is 2.51. The second-order valence-electron chi connectivity index (χ2n) is 7.30. The van der Waals surface area contributed by atoms with E-state index in [1.807, 2.05) is 13.0 Å². The summed E-state index contributed by atoms with van der Waals surface area (Å²) < 4.78 is 11.0. The second-order valence-corrected chi connectivity index (χ2v) is 7.67. The van der Waals surface area contributed by atoms with Crippen LogP contribution in [0.2, 0.25) is 5.02 Å². The van der Waals surface area contributed by atoms with Crippen LogP contribution in [0.15, 0.2) is 6.07 Å². The van der Waals surface area contributed by atoms with Crippen molar-refractivity contribution in [2.75, 3.05) is 14.2 Å². The van der Waals surface area contributed by atoms with Crippen LogP contribution in [0.4, 0.5) is 0 Å². The third-order valence-electron chi connectivity index (χ3n) is 5.90. The number of H-pyrrole nitrogens is 1. The maximum Gasteiger partial charge on any atom is 0.141 e. The van der Waals surface area contributed by atoms with Crippen LogP contribution < -0.4 is 9.47 Å². The van der Waals surface area contributed by atoms with Gasteiger partial charge >= 0.3 is 0 Å². The Labute approximate surface area is 158 Å². The molecule has 1 saturated carbocycles. The molecule has 1 unspecified atom stereocenters. The Morgan fingerprint density at radius 1 is 1.31 bits per heavy atom. The molecule has 1 atom stereocenters. The van der Waals surface area contributed by atoms with E-state index in [1.165, 1.54) is 5.56 Å². The highest BCUT2D eigenvalue weighted by molar-refractivity contribution is 6.33. The predicted octanol–water partition coefficient (Wildman–Crippen LogP) is 4.22. The van der Waals surface area contributed by atoms with E-state index in [1.54, 1.807) is 14.2 Å². The van der Waals surface area contributed by atoms with E-state index in [-0.39, 0.29) is 11.3 Å². The van der Waals surface area contributed by atoms with E-state index in [9.17, 15) is 5.26 Å². The third-order valence-corrected chi connectivity index (χ3v) is 6.29. The molecule has 4 rings (SSSR count). The quantitative estimate of drug-likeness (QED) is 0.873. The first-order valence-corrected chi connectivity index (χ1v) is 9.31. The average Bonchev–Trinajstić information content (AvgIpc) is 3.34. The largest absolute Gasteiger partial charge is 0.496 e. The molecule has 2 aliphatic rings. The number of methoxy groups -OCH3 is 2. The highest BCUT2D eigenvalue weighted by atomic mass is 35.5. The number of benzene rings is 1. The molecule has 0 spiro atoms. The molecule has 1 fully saturated rings. The molecule has 1 N–H and O–H groups in total. The van der Waals surface area contributed by atoms with E-state index in [4.69, 9.17) is 21.1 Å². The van der Waals surface area contributed by atoms with E-state index in [2.05, 4.69) is 16.3 Å². The van der Waals surface area contributed by atoms with Crippen LogP contribution in [0.1, 0.15) is 53.3 Å². The molecule has 0 bridgehead atoms. The molecule has 2 aliphatic carbocycles. The van der Waals surface area contributed by atoms with E-state index in [0.717, 1.165) is 60.4 Å². The van der Waals surface area contributed by atoms with Gasteiger partial charge in [-0.2, -0.15) is 10.4 Å². The van der Waals surface area contributed by atoms with Crippen molar-refractivity contribution in [1.82, 2.24) is 10.2 Å². The van der Waals surface area contributed by atoms with Crippen molar-refractivity contribution in [3.8, 4) is 17.6 Å². The van der Waals surface area contributed by atoms with Crippen LogP contribution in [0, 0.1) is 18.3 Å². The molecule has 0 amide bonds. The zero-order valence-electron chi connectivity index (χ0n) is 15.3. The van der Waals surface area contributed by atoms with Crippen molar-refractivity contribution >= 4 is 11.6 Å². The second kappa shape index (κ2) is 6.21. The van der Waals surface area contributed by atoms with Gasteiger partial charge in [0.25, 0.3) is 0 Å². The molecule has 0 saturated heterocycles. The van der Waals surface area contributed by atoms with Crippen molar-refractivity contribution < 1.29 is 9.47 Å². The number of hydrogen-bond donors (Lipinski definition) is 1. The first kappa shape index (κ1) is 17.2. The van der Waals surface area contributed by atoms with Crippen molar-refractivity contribution in [1.29, 1.82) is 5.26 Å². The summed E-state index contributed by atoms with van der Waals surface area (Å²) in [6, 6.07) is 4.30. The van der Waals surface area contributed by atoms with Gasteiger partial charge in [0.1, 0.15) is 16.9 Å². The number of nitriles is 1. The number of nitrogens with zero attached hydrogens (tertiary/aromatic N) is 2. The van der Waals surface area contributed by atoms with Crippen molar-refractivity contribution in [2.24, 2.45) is 0 Å². The van der Waals surface area contributed by atoms with Gasteiger partial charge in [0, 0.05) is 11.8 Å². The van der Waals surface area contributed by atoms with Crippen molar-refractivity contribution in [3.63, 3.8) is 0 Å². The van der Waals surface area contributed by atoms with Crippen LogP contribution >= 0.6 is 11.6 Å². The zero-order chi connectivity index (χ0) is 18.5. The molecule has 0 radical (unpaired) electrons. The molecular weight excluding hydrogens is 350 g/mol. The number of hydrogen-bond acceptors (Lipinski definition) is 4. The Morgan fingerprint density at radius 2 is 2.04 bits per heavy atom. The molecule has 1 heterocycles. The van der Waals surface area contributed by atoms with Gasteiger partial charge < -0.3 is 9.47 Å². The van der Waals surface area contributed by atoms with Crippen LogP contribution in [0.25, 0.3) is 0 Å².